The minimum Gasteiger partial charge on any atom is -0.366 e. The molecule has 1 aromatic carbocycles. The van der Waals surface area contributed by atoms with Crippen LogP contribution in [0.1, 0.15) is 43.0 Å². The number of benzene rings is 1. The molecule has 1 heterocycles. The van der Waals surface area contributed by atoms with Gasteiger partial charge in [0.2, 0.25) is 0 Å². The molecule has 24 heavy (non-hydrogen) atoms. The second kappa shape index (κ2) is 6.79. The number of nitro benzene ring substituents is 1. The summed E-state index contributed by atoms with van der Waals surface area (Å²) in [5.74, 6) is 0.996. The van der Waals surface area contributed by atoms with Gasteiger partial charge in [-0.3, -0.25) is 14.9 Å². The fourth-order valence-electron chi connectivity index (χ4n) is 3.47. The summed E-state index contributed by atoms with van der Waals surface area (Å²) in [6.07, 6.45) is 4.55. The predicted octanol–water partition coefficient (Wildman–Crippen LogP) is 3.31. The average Bonchev–Trinajstić information content (AvgIpc) is 3.37. The van der Waals surface area contributed by atoms with E-state index in [-0.39, 0.29) is 16.5 Å². The molecule has 1 aliphatic carbocycles. The van der Waals surface area contributed by atoms with Gasteiger partial charge < -0.3 is 9.80 Å². The number of nitrogens with zero attached hydrogens (tertiary/aromatic N) is 3. The van der Waals surface area contributed by atoms with Gasteiger partial charge in [-0.05, 0) is 49.7 Å². The second-order valence-electron chi connectivity index (χ2n) is 7.28. The first-order valence-corrected chi connectivity index (χ1v) is 8.74. The van der Waals surface area contributed by atoms with Gasteiger partial charge >= 0.3 is 0 Å². The maximum Gasteiger partial charge on any atom is 0.293 e. The Morgan fingerprint density at radius 3 is 2.75 bits per heavy atom. The molecule has 0 N–H and O–H groups in total. The summed E-state index contributed by atoms with van der Waals surface area (Å²) in [4.78, 5) is 27.4. The van der Waals surface area contributed by atoms with Gasteiger partial charge in [0.05, 0.1) is 4.92 Å². The Hall–Kier alpha value is -2.11. The van der Waals surface area contributed by atoms with Crippen LogP contribution in [0.15, 0.2) is 18.2 Å². The van der Waals surface area contributed by atoms with Crippen molar-refractivity contribution in [1.82, 2.24) is 4.90 Å². The summed E-state index contributed by atoms with van der Waals surface area (Å²) in [5, 5.41) is 11.5. The summed E-state index contributed by atoms with van der Waals surface area (Å²) >= 11 is 0. The fraction of sp³-hybridized carbons (Fsp3) is 0.611. The van der Waals surface area contributed by atoms with Crippen LogP contribution in [0.25, 0.3) is 0 Å². The number of nitro groups is 1. The average molecular weight is 331 g/mol. The molecule has 0 aromatic heterocycles. The van der Waals surface area contributed by atoms with Crippen molar-refractivity contribution in [3.63, 3.8) is 0 Å². The summed E-state index contributed by atoms with van der Waals surface area (Å²) in [5.41, 5.74) is 1.07. The van der Waals surface area contributed by atoms with Crippen LogP contribution in [0.2, 0.25) is 0 Å². The van der Waals surface area contributed by atoms with E-state index in [1.807, 2.05) is 0 Å². The van der Waals surface area contributed by atoms with Crippen LogP contribution in [0.4, 0.5) is 11.4 Å². The summed E-state index contributed by atoms with van der Waals surface area (Å²) < 4.78 is 0. The molecule has 130 valence electrons. The van der Waals surface area contributed by atoms with Gasteiger partial charge in [-0.1, -0.05) is 6.92 Å². The fourth-order valence-corrected chi connectivity index (χ4v) is 3.47. The number of rotatable bonds is 5. The summed E-state index contributed by atoms with van der Waals surface area (Å²) in [7, 11) is 1.77. The molecule has 6 nitrogen and oxygen atoms in total. The van der Waals surface area contributed by atoms with Crippen molar-refractivity contribution in [2.24, 2.45) is 11.8 Å². The molecule has 3 rings (SSSR count). The van der Waals surface area contributed by atoms with Gasteiger partial charge in [0.1, 0.15) is 5.69 Å². The molecule has 1 aromatic rings. The predicted molar refractivity (Wildman–Crippen MR) is 93.4 cm³/mol. The quantitative estimate of drug-likeness (QED) is 0.613. The minimum atomic E-state index is -0.369. The molecule has 1 saturated carbocycles. The molecule has 1 unspecified atom stereocenters. The van der Waals surface area contributed by atoms with Crippen LogP contribution in [-0.2, 0) is 0 Å². The van der Waals surface area contributed by atoms with Crippen molar-refractivity contribution in [2.75, 3.05) is 31.6 Å². The van der Waals surface area contributed by atoms with E-state index < -0.39 is 0 Å². The largest absolute Gasteiger partial charge is 0.366 e. The van der Waals surface area contributed by atoms with E-state index in [0.29, 0.717) is 23.1 Å². The molecule has 1 aliphatic heterocycles. The summed E-state index contributed by atoms with van der Waals surface area (Å²) in [6, 6.07) is 4.92. The van der Waals surface area contributed by atoms with Crippen molar-refractivity contribution in [3.8, 4) is 0 Å². The molecule has 2 fully saturated rings. The van der Waals surface area contributed by atoms with E-state index in [0.717, 1.165) is 32.5 Å². The molecule has 0 bridgehead atoms. The van der Waals surface area contributed by atoms with Crippen molar-refractivity contribution < 1.29 is 9.72 Å². The normalized spacial score (nSPS) is 20.8. The first-order chi connectivity index (χ1) is 11.5. The highest BCUT2D eigenvalue weighted by molar-refractivity contribution is 5.95. The Morgan fingerprint density at radius 1 is 1.38 bits per heavy atom. The maximum absolute atomic E-state index is 12.5. The molecule has 1 saturated heterocycles. The molecule has 1 atom stereocenters. The highest BCUT2D eigenvalue weighted by Crippen LogP contribution is 2.33. The van der Waals surface area contributed by atoms with Crippen molar-refractivity contribution in [3.05, 3.63) is 33.9 Å². The van der Waals surface area contributed by atoms with Crippen molar-refractivity contribution in [1.29, 1.82) is 0 Å². The number of hydrogen-bond acceptors (Lipinski definition) is 4. The number of piperidine rings is 1. The minimum absolute atomic E-state index is 0.0368. The molecule has 1 amide bonds. The number of anilines is 1. The van der Waals surface area contributed by atoms with E-state index in [4.69, 9.17) is 0 Å². The second-order valence-corrected chi connectivity index (χ2v) is 7.28. The molecule has 2 aliphatic rings. The van der Waals surface area contributed by atoms with E-state index >= 15 is 0 Å². The highest BCUT2D eigenvalue weighted by Gasteiger charge is 2.28. The number of hydrogen-bond donors (Lipinski definition) is 0. The van der Waals surface area contributed by atoms with Crippen LogP contribution in [0, 0.1) is 22.0 Å². The third kappa shape index (κ3) is 3.68. The monoisotopic (exact) mass is 331 g/mol. The lowest BCUT2D eigenvalue weighted by Gasteiger charge is -2.32. The van der Waals surface area contributed by atoms with E-state index in [1.54, 1.807) is 24.1 Å². The zero-order valence-electron chi connectivity index (χ0n) is 14.4. The Balaban J connectivity index is 1.83. The molecule has 0 radical (unpaired) electrons. The van der Waals surface area contributed by atoms with Gasteiger partial charge in [-0.25, -0.2) is 0 Å². The van der Waals surface area contributed by atoms with E-state index in [9.17, 15) is 14.9 Å². The number of amides is 1. The molecular formula is C18H25N3O3. The van der Waals surface area contributed by atoms with Crippen LogP contribution in [0.5, 0.6) is 0 Å². The van der Waals surface area contributed by atoms with Crippen molar-refractivity contribution in [2.45, 2.75) is 32.6 Å². The topological polar surface area (TPSA) is 66.7 Å². The van der Waals surface area contributed by atoms with Gasteiger partial charge in [0, 0.05) is 38.3 Å². The third-order valence-electron chi connectivity index (χ3n) is 4.99. The Bertz CT molecular complexity index is 642. The van der Waals surface area contributed by atoms with Crippen molar-refractivity contribution >= 4 is 17.3 Å². The zero-order valence-corrected chi connectivity index (χ0v) is 14.4. The van der Waals surface area contributed by atoms with E-state index in [1.165, 1.54) is 18.9 Å². The first kappa shape index (κ1) is 16.7. The van der Waals surface area contributed by atoms with Gasteiger partial charge in [-0.15, -0.1) is 0 Å². The lowest BCUT2D eigenvalue weighted by Crippen LogP contribution is -2.34. The van der Waals surface area contributed by atoms with E-state index in [2.05, 4.69) is 11.8 Å². The van der Waals surface area contributed by atoms with Gasteiger partial charge in [0.25, 0.3) is 11.6 Å². The van der Waals surface area contributed by atoms with Crippen LogP contribution in [0.3, 0.4) is 0 Å². The lowest BCUT2D eigenvalue weighted by molar-refractivity contribution is -0.384. The maximum atomic E-state index is 12.5. The van der Waals surface area contributed by atoms with Crippen LogP contribution in [-0.4, -0.2) is 42.4 Å². The Kier molecular flexibility index (Phi) is 4.73. The van der Waals surface area contributed by atoms with Gasteiger partial charge in [-0.2, -0.15) is 0 Å². The smallest absolute Gasteiger partial charge is 0.293 e. The standard InChI is InChI=1S/C18H25N3O3/c1-13-4-3-9-20(11-13)16-8-7-15(10-17(16)21(23)24)18(22)19(2)12-14-5-6-14/h7-8,10,13-14H,3-6,9,11-12H2,1-2H3. The van der Waals surface area contributed by atoms with Gasteiger partial charge in [0.15, 0.2) is 0 Å². The summed E-state index contributed by atoms with van der Waals surface area (Å²) in [6.45, 7) is 4.57. The highest BCUT2D eigenvalue weighted by atomic mass is 16.6. The molecule has 0 spiro atoms. The SMILES string of the molecule is CC1CCCN(c2ccc(C(=O)N(C)CC3CC3)cc2[N+](=O)[O-])C1. The Labute approximate surface area is 142 Å². The Morgan fingerprint density at radius 2 is 2.12 bits per heavy atom. The number of carbonyl (C=O) groups is 1. The first-order valence-electron chi connectivity index (χ1n) is 8.74. The molecular weight excluding hydrogens is 306 g/mol. The molecule has 6 heteroatoms. The zero-order chi connectivity index (χ0) is 17.3. The van der Waals surface area contributed by atoms with Crippen LogP contribution < -0.4 is 4.90 Å². The number of carbonyl (C=O) groups excluding carboxylic acids is 1. The van der Waals surface area contributed by atoms with Crippen LogP contribution >= 0.6 is 0 Å². The lowest BCUT2D eigenvalue weighted by atomic mass is 9.99. The third-order valence-corrected chi connectivity index (χ3v) is 4.99.